The van der Waals surface area contributed by atoms with E-state index in [1.54, 1.807) is 0 Å². The third-order valence-corrected chi connectivity index (χ3v) is 5.18. The lowest BCUT2D eigenvalue weighted by molar-refractivity contribution is 0.523. The van der Waals surface area contributed by atoms with Gasteiger partial charge >= 0.3 is 0 Å². The molecule has 0 heterocycles. The summed E-state index contributed by atoms with van der Waals surface area (Å²) in [5.74, 6) is 0. The van der Waals surface area contributed by atoms with Gasteiger partial charge in [-0.1, -0.05) is 122 Å². The first kappa shape index (κ1) is 25.0. The Morgan fingerprint density at radius 1 is 0.538 bits per heavy atom. The van der Waals surface area contributed by atoms with E-state index in [1.165, 1.54) is 122 Å². The Morgan fingerprint density at radius 3 is 1.23 bits per heavy atom. The number of nitrogens with zero attached hydrogens (tertiary/aromatic N) is 1. The van der Waals surface area contributed by atoms with Gasteiger partial charge in [0, 0.05) is 0 Å². The number of unbranched alkanes of at least 4 members (excludes halogenated alkanes) is 19. The molecule has 0 spiro atoms. The molecule has 0 bridgehead atoms. The van der Waals surface area contributed by atoms with Crippen molar-refractivity contribution in [1.82, 2.24) is 0 Å². The molecule has 149 valence electrons. The molecule has 0 fully saturated rings. The summed E-state index contributed by atoms with van der Waals surface area (Å²) in [4.78, 5) is 0. The molecule has 0 aromatic heterocycles. The molecule has 0 aromatic carbocycles. The van der Waals surface area contributed by atoms with Gasteiger partial charge in [-0.25, -0.2) is 0 Å². The average molecular weight is 359 g/mol. The topological polar surface area (TPSA) is 23.8 Å². The molecule has 0 N–H and O–H groups in total. The second-order valence-corrected chi connectivity index (χ2v) is 7.74. The van der Waals surface area contributed by atoms with Crippen molar-refractivity contribution in [3.63, 3.8) is 0 Å². The molecule has 0 rings (SSSR count). The summed E-state index contributed by atoms with van der Waals surface area (Å²) >= 11 is 0. The van der Waals surface area contributed by atoms with Crippen molar-refractivity contribution in [2.24, 2.45) is 0 Å². The third-order valence-electron chi connectivity index (χ3n) is 5.18. The Hall–Kier alpha value is -0.990. The van der Waals surface area contributed by atoms with Gasteiger partial charge in [-0.3, -0.25) is 0 Å². The van der Waals surface area contributed by atoms with Crippen molar-refractivity contribution in [3.8, 4) is 6.07 Å². The third kappa shape index (κ3) is 23.0. The van der Waals surface area contributed by atoms with E-state index in [9.17, 15) is 0 Å². The maximum atomic E-state index is 8.29. The number of hydrogen-bond donors (Lipinski definition) is 0. The van der Waals surface area contributed by atoms with Crippen LogP contribution in [0.4, 0.5) is 0 Å². The fraction of sp³-hybridized carbons (Fsp3) is 0.840. The Morgan fingerprint density at radius 2 is 0.885 bits per heavy atom. The van der Waals surface area contributed by atoms with Crippen LogP contribution >= 0.6 is 0 Å². The number of rotatable bonds is 20. The maximum Gasteiger partial charge on any atom is 0.119 e. The molecule has 0 aliphatic carbocycles. The van der Waals surface area contributed by atoms with Crippen molar-refractivity contribution in [3.05, 3.63) is 17.9 Å². The van der Waals surface area contributed by atoms with E-state index in [2.05, 4.69) is 18.7 Å². The lowest BCUT2D eigenvalue weighted by Gasteiger charge is -2.03. The second-order valence-electron chi connectivity index (χ2n) is 7.74. The Balaban J connectivity index is 3.03. The maximum absolute atomic E-state index is 8.29. The molecule has 0 saturated heterocycles. The van der Waals surface area contributed by atoms with Gasteiger partial charge in [0.15, 0.2) is 0 Å². The minimum Gasteiger partial charge on any atom is -0.192 e. The first-order valence-corrected chi connectivity index (χ1v) is 11.6. The van der Waals surface area contributed by atoms with Crippen molar-refractivity contribution >= 4 is 0 Å². The largest absolute Gasteiger partial charge is 0.192 e. The molecular formula is C25H44N. The predicted molar refractivity (Wildman–Crippen MR) is 115 cm³/mol. The smallest absolute Gasteiger partial charge is 0.119 e. The van der Waals surface area contributed by atoms with E-state index in [1.807, 2.05) is 12.1 Å². The number of nitriles is 1. The van der Waals surface area contributed by atoms with Crippen molar-refractivity contribution in [2.45, 2.75) is 135 Å². The summed E-state index contributed by atoms with van der Waals surface area (Å²) in [5, 5.41) is 8.29. The van der Waals surface area contributed by atoms with Crippen molar-refractivity contribution < 1.29 is 0 Å². The van der Waals surface area contributed by atoms with Gasteiger partial charge in [-0.05, 0) is 18.9 Å². The zero-order chi connectivity index (χ0) is 19.0. The fourth-order valence-electron chi connectivity index (χ4n) is 3.48. The molecule has 1 radical (unpaired) electrons. The minimum absolute atomic E-state index is 1.04. The molecule has 0 aromatic rings. The zero-order valence-corrected chi connectivity index (χ0v) is 17.7. The van der Waals surface area contributed by atoms with Crippen LogP contribution in [-0.4, -0.2) is 0 Å². The summed E-state index contributed by atoms with van der Waals surface area (Å²) in [6.07, 6.45) is 32.3. The summed E-state index contributed by atoms with van der Waals surface area (Å²) < 4.78 is 0. The van der Waals surface area contributed by atoms with E-state index < -0.39 is 0 Å². The van der Waals surface area contributed by atoms with Gasteiger partial charge in [0.25, 0.3) is 0 Å². The van der Waals surface area contributed by atoms with Gasteiger partial charge in [0.05, 0.1) is 0 Å². The van der Waals surface area contributed by atoms with Crippen molar-refractivity contribution in [1.29, 1.82) is 5.26 Å². The van der Waals surface area contributed by atoms with Crippen LogP contribution in [0.2, 0.25) is 0 Å². The van der Waals surface area contributed by atoms with E-state index in [0.717, 1.165) is 6.42 Å². The summed E-state index contributed by atoms with van der Waals surface area (Å²) in [6, 6.07) is 1.84. The fourth-order valence-corrected chi connectivity index (χ4v) is 3.48. The monoisotopic (exact) mass is 358 g/mol. The molecule has 0 saturated carbocycles. The van der Waals surface area contributed by atoms with Crippen LogP contribution in [0.5, 0.6) is 0 Å². The van der Waals surface area contributed by atoms with Crippen LogP contribution < -0.4 is 0 Å². The van der Waals surface area contributed by atoms with Gasteiger partial charge in [-0.2, -0.15) is 5.26 Å². The van der Waals surface area contributed by atoms with Crippen molar-refractivity contribution in [2.75, 3.05) is 0 Å². The molecular weight excluding hydrogens is 314 g/mol. The summed E-state index contributed by atoms with van der Waals surface area (Å²) in [6.45, 7) is 2.29. The van der Waals surface area contributed by atoms with Crippen LogP contribution in [-0.2, 0) is 0 Å². The number of allylic oxidation sites excluding steroid dienone is 1. The molecule has 0 amide bonds. The SMILES string of the molecule is CCCCCCCCCCCCCCCCCCCCCC=C=[C]C#N. The lowest BCUT2D eigenvalue weighted by atomic mass is 10.0. The minimum atomic E-state index is 1.04. The molecule has 26 heavy (non-hydrogen) atoms. The summed E-state index contributed by atoms with van der Waals surface area (Å²) in [7, 11) is 0. The van der Waals surface area contributed by atoms with Crippen LogP contribution in [0.25, 0.3) is 0 Å². The van der Waals surface area contributed by atoms with Gasteiger partial charge in [0.2, 0.25) is 0 Å². The van der Waals surface area contributed by atoms with Crippen LogP contribution in [0.1, 0.15) is 135 Å². The van der Waals surface area contributed by atoms with Crippen LogP contribution in [0.3, 0.4) is 0 Å². The highest BCUT2D eigenvalue weighted by Gasteiger charge is 1.95. The normalized spacial score (nSPS) is 10.3. The van der Waals surface area contributed by atoms with E-state index in [0.29, 0.717) is 0 Å². The Bertz CT molecular complexity index is 357. The Labute approximate surface area is 165 Å². The molecule has 0 unspecified atom stereocenters. The highest BCUT2D eigenvalue weighted by atomic mass is 14.2. The van der Waals surface area contributed by atoms with E-state index >= 15 is 0 Å². The predicted octanol–water partition coefficient (Wildman–Crippen LogP) is 8.85. The molecule has 0 aliphatic heterocycles. The number of hydrogen-bond acceptors (Lipinski definition) is 1. The van der Waals surface area contributed by atoms with E-state index in [4.69, 9.17) is 5.26 Å². The van der Waals surface area contributed by atoms with Crippen LogP contribution in [0, 0.1) is 17.4 Å². The highest BCUT2D eigenvalue weighted by molar-refractivity contribution is 4.92. The van der Waals surface area contributed by atoms with E-state index in [-0.39, 0.29) is 0 Å². The zero-order valence-electron chi connectivity index (χ0n) is 17.7. The summed E-state index contributed by atoms with van der Waals surface area (Å²) in [5.41, 5.74) is 2.76. The van der Waals surface area contributed by atoms with Gasteiger partial charge in [0.1, 0.15) is 12.1 Å². The van der Waals surface area contributed by atoms with Crippen LogP contribution in [0.15, 0.2) is 11.8 Å². The molecule has 0 aliphatic rings. The molecule has 0 atom stereocenters. The van der Waals surface area contributed by atoms with Gasteiger partial charge < -0.3 is 0 Å². The Kier molecular flexibility index (Phi) is 23.1. The first-order valence-electron chi connectivity index (χ1n) is 11.6. The lowest BCUT2D eigenvalue weighted by Crippen LogP contribution is -1.84. The molecule has 1 nitrogen and oxygen atoms in total. The quantitative estimate of drug-likeness (QED) is 0.121. The molecule has 1 heteroatoms. The van der Waals surface area contributed by atoms with Gasteiger partial charge in [-0.15, -0.1) is 5.73 Å². The standard InChI is InChI=1S/C25H44N/c1-2-3-4-5-6-7-8-9-10-11-12-13-14-15-16-17-18-19-20-21-22-23-24-25-26/h22H,2-21H2,1H3. The highest BCUT2D eigenvalue weighted by Crippen LogP contribution is 2.14. The average Bonchev–Trinajstić information content (AvgIpc) is 2.66. The first-order chi connectivity index (χ1) is 12.9. The second kappa shape index (κ2) is 24.0.